The van der Waals surface area contributed by atoms with Gasteiger partial charge in [0.05, 0.1) is 11.2 Å². The lowest BCUT2D eigenvalue weighted by atomic mass is 10.2. The van der Waals surface area contributed by atoms with Crippen molar-refractivity contribution in [3.8, 4) is 0 Å². The lowest BCUT2D eigenvalue weighted by Crippen LogP contribution is -2.40. The molecule has 0 unspecified atom stereocenters. The molecule has 1 atom stereocenters. The molecule has 0 saturated carbocycles. The topological polar surface area (TPSA) is 91.3 Å². The molecule has 0 bridgehead atoms. The van der Waals surface area contributed by atoms with Crippen LogP contribution in [0.2, 0.25) is 0 Å². The number of hydrogen-bond donors (Lipinski definition) is 3. The summed E-state index contributed by atoms with van der Waals surface area (Å²) in [6.45, 7) is 1.40. The standard InChI is InChI=1S/C13H13N3O3/c1-8(12(17)18)15-13(19)16-11-6-2-5-10-9(11)4-3-7-14-10/h2-8H,1H3,(H,17,18)(H2,15,16,19)/t8-/m0/s1. The van der Waals surface area contributed by atoms with Crippen molar-refractivity contribution in [1.82, 2.24) is 10.3 Å². The SMILES string of the molecule is C[C@H](NC(=O)Nc1cccc2ncccc12)C(=O)O. The summed E-state index contributed by atoms with van der Waals surface area (Å²) in [6, 6.07) is 7.42. The number of aromatic nitrogens is 1. The number of fused-ring (bicyclic) bond motifs is 1. The highest BCUT2D eigenvalue weighted by atomic mass is 16.4. The van der Waals surface area contributed by atoms with Crippen LogP contribution in [0.1, 0.15) is 6.92 Å². The summed E-state index contributed by atoms with van der Waals surface area (Å²) >= 11 is 0. The van der Waals surface area contributed by atoms with Crippen molar-refractivity contribution < 1.29 is 14.7 Å². The van der Waals surface area contributed by atoms with Gasteiger partial charge in [0, 0.05) is 11.6 Å². The number of carbonyl (C=O) groups excluding carboxylic acids is 1. The Kier molecular flexibility index (Phi) is 3.61. The van der Waals surface area contributed by atoms with Gasteiger partial charge in [-0.3, -0.25) is 9.78 Å². The molecule has 6 heteroatoms. The molecule has 0 spiro atoms. The molecule has 3 N–H and O–H groups in total. The minimum atomic E-state index is -1.09. The predicted molar refractivity (Wildman–Crippen MR) is 71.0 cm³/mol. The molecule has 0 aliphatic carbocycles. The third-order valence-electron chi connectivity index (χ3n) is 2.61. The molecule has 0 aliphatic heterocycles. The number of nitrogens with one attached hydrogen (secondary N) is 2. The zero-order valence-corrected chi connectivity index (χ0v) is 10.3. The Hall–Kier alpha value is -2.63. The number of hydrogen-bond acceptors (Lipinski definition) is 3. The summed E-state index contributed by atoms with van der Waals surface area (Å²) in [5.41, 5.74) is 1.34. The van der Waals surface area contributed by atoms with E-state index in [2.05, 4.69) is 15.6 Å². The van der Waals surface area contributed by atoms with Gasteiger partial charge in [0.2, 0.25) is 0 Å². The molecule has 0 radical (unpaired) electrons. The molecule has 2 aromatic rings. The van der Waals surface area contributed by atoms with Gasteiger partial charge in [0.1, 0.15) is 6.04 Å². The third-order valence-corrected chi connectivity index (χ3v) is 2.61. The number of carboxylic acids is 1. The lowest BCUT2D eigenvalue weighted by molar-refractivity contribution is -0.138. The molecule has 1 aromatic heterocycles. The van der Waals surface area contributed by atoms with Crippen molar-refractivity contribution in [2.24, 2.45) is 0 Å². The van der Waals surface area contributed by atoms with E-state index in [0.29, 0.717) is 5.69 Å². The van der Waals surface area contributed by atoms with Crippen molar-refractivity contribution in [3.05, 3.63) is 36.5 Å². The Morgan fingerprint density at radius 1 is 1.26 bits per heavy atom. The molecule has 98 valence electrons. The molecule has 2 rings (SSSR count). The number of benzene rings is 1. The van der Waals surface area contributed by atoms with Gasteiger partial charge in [-0.25, -0.2) is 4.79 Å². The Bertz CT molecular complexity index is 622. The van der Waals surface area contributed by atoms with E-state index in [-0.39, 0.29) is 0 Å². The summed E-state index contributed by atoms with van der Waals surface area (Å²) in [5.74, 6) is -1.09. The Labute approximate surface area is 109 Å². The predicted octanol–water partition coefficient (Wildman–Crippen LogP) is 1.83. The summed E-state index contributed by atoms with van der Waals surface area (Å²) < 4.78 is 0. The highest BCUT2D eigenvalue weighted by Gasteiger charge is 2.14. The quantitative estimate of drug-likeness (QED) is 0.784. The number of anilines is 1. The monoisotopic (exact) mass is 259 g/mol. The number of amides is 2. The number of urea groups is 1. The van der Waals surface area contributed by atoms with Crippen LogP contribution >= 0.6 is 0 Å². The largest absolute Gasteiger partial charge is 0.480 e. The smallest absolute Gasteiger partial charge is 0.325 e. The summed E-state index contributed by atoms with van der Waals surface area (Å²) in [6.07, 6.45) is 1.67. The van der Waals surface area contributed by atoms with E-state index >= 15 is 0 Å². The number of aliphatic carboxylic acids is 1. The van der Waals surface area contributed by atoms with Gasteiger partial charge in [-0.1, -0.05) is 6.07 Å². The lowest BCUT2D eigenvalue weighted by Gasteiger charge is -2.12. The van der Waals surface area contributed by atoms with Crippen LogP contribution in [0.3, 0.4) is 0 Å². The van der Waals surface area contributed by atoms with Crippen LogP contribution in [-0.4, -0.2) is 28.1 Å². The number of nitrogens with zero attached hydrogens (tertiary/aromatic N) is 1. The zero-order chi connectivity index (χ0) is 13.8. The first kappa shape index (κ1) is 12.8. The summed E-state index contributed by atoms with van der Waals surface area (Å²) in [5, 5.41) is 14.5. The van der Waals surface area contributed by atoms with Crippen molar-refractivity contribution in [1.29, 1.82) is 0 Å². The van der Waals surface area contributed by atoms with Crippen LogP contribution in [-0.2, 0) is 4.79 Å². The Morgan fingerprint density at radius 3 is 2.79 bits per heavy atom. The maximum atomic E-state index is 11.7. The maximum absolute atomic E-state index is 11.7. The molecule has 6 nitrogen and oxygen atoms in total. The van der Waals surface area contributed by atoms with E-state index in [1.807, 2.05) is 12.1 Å². The van der Waals surface area contributed by atoms with Gasteiger partial charge in [0.25, 0.3) is 0 Å². The van der Waals surface area contributed by atoms with Gasteiger partial charge >= 0.3 is 12.0 Å². The van der Waals surface area contributed by atoms with Crippen LogP contribution in [0.15, 0.2) is 36.5 Å². The first-order valence-electron chi connectivity index (χ1n) is 5.72. The molecular formula is C13H13N3O3. The van der Waals surface area contributed by atoms with Crippen LogP contribution in [0.5, 0.6) is 0 Å². The molecule has 1 heterocycles. The number of pyridine rings is 1. The highest BCUT2D eigenvalue weighted by molar-refractivity contribution is 6.01. The van der Waals surface area contributed by atoms with Gasteiger partial charge in [0.15, 0.2) is 0 Å². The van der Waals surface area contributed by atoms with Gasteiger partial charge < -0.3 is 15.7 Å². The minimum absolute atomic E-state index is 0.564. The molecule has 2 amide bonds. The van der Waals surface area contributed by atoms with Crippen LogP contribution < -0.4 is 10.6 Å². The Morgan fingerprint density at radius 2 is 2.05 bits per heavy atom. The van der Waals surface area contributed by atoms with E-state index in [0.717, 1.165) is 10.9 Å². The molecule has 1 aromatic carbocycles. The van der Waals surface area contributed by atoms with Crippen LogP contribution in [0.4, 0.5) is 10.5 Å². The fourth-order valence-electron chi connectivity index (χ4n) is 1.63. The van der Waals surface area contributed by atoms with Crippen LogP contribution in [0, 0.1) is 0 Å². The van der Waals surface area contributed by atoms with Crippen molar-refractivity contribution in [2.45, 2.75) is 13.0 Å². The molecule has 0 aliphatic rings. The van der Waals surface area contributed by atoms with Gasteiger partial charge in [-0.05, 0) is 31.2 Å². The molecule has 0 fully saturated rings. The third kappa shape index (κ3) is 2.98. The van der Waals surface area contributed by atoms with Crippen LogP contribution in [0.25, 0.3) is 10.9 Å². The van der Waals surface area contributed by atoms with Gasteiger partial charge in [-0.15, -0.1) is 0 Å². The number of rotatable bonds is 3. The average Bonchev–Trinajstić information content (AvgIpc) is 2.39. The Balaban J connectivity index is 2.17. The van der Waals surface area contributed by atoms with E-state index in [1.165, 1.54) is 6.92 Å². The van der Waals surface area contributed by atoms with E-state index in [1.54, 1.807) is 24.4 Å². The number of carboxylic acid groups (broad SMARTS) is 1. The molecular weight excluding hydrogens is 246 g/mol. The highest BCUT2D eigenvalue weighted by Crippen LogP contribution is 2.20. The summed E-state index contributed by atoms with van der Waals surface area (Å²) in [4.78, 5) is 26.5. The minimum Gasteiger partial charge on any atom is -0.480 e. The van der Waals surface area contributed by atoms with E-state index in [4.69, 9.17) is 5.11 Å². The molecule has 19 heavy (non-hydrogen) atoms. The fourth-order valence-corrected chi connectivity index (χ4v) is 1.63. The first-order chi connectivity index (χ1) is 9.08. The summed E-state index contributed by atoms with van der Waals surface area (Å²) in [7, 11) is 0. The zero-order valence-electron chi connectivity index (χ0n) is 10.3. The fraction of sp³-hybridized carbons (Fsp3) is 0.154. The van der Waals surface area contributed by atoms with Crippen molar-refractivity contribution >= 4 is 28.6 Å². The van der Waals surface area contributed by atoms with Gasteiger partial charge in [-0.2, -0.15) is 0 Å². The number of carbonyl (C=O) groups is 2. The average molecular weight is 259 g/mol. The normalized spacial score (nSPS) is 11.8. The second-order valence-electron chi connectivity index (χ2n) is 4.03. The second kappa shape index (κ2) is 5.34. The van der Waals surface area contributed by atoms with Crippen molar-refractivity contribution in [2.75, 3.05) is 5.32 Å². The van der Waals surface area contributed by atoms with E-state index < -0.39 is 18.0 Å². The first-order valence-corrected chi connectivity index (χ1v) is 5.72. The maximum Gasteiger partial charge on any atom is 0.325 e. The molecule has 0 saturated heterocycles. The van der Waals surface area contributed by atoms with Crippen molar-refractivity contribution in [3.63, 3.8) is 0 Å². The second-order valence-corrected chi connectivity index (χ2v) is 4.03. The van der Waals surface area contributed by atoms with E-state index in [9.17, 15) is 9.59 Å².